The van der Waals surface area contributed by atoms with Crippen molar-refractivity contribution in [1.29, 1.82) is 5.26 Å². The molecule has 5 nitrogen and oxygen atoms in total. The van der Waals surface area contributed by atoms with Crippen molar-refractivity contribution in [3.63, 3.8) is 0 Å². The van der Waals surface area contributed by atoms with E-state index in [4.69, 9.17) is 5.26 Å². The van der Waals surface area contributed by atoms with Gasteiger partial charge in [-0.05, 0) is 12.1 Å². The molecule has 0 saturated heterocycles. The molecule has 0 aliphatic carbocycles. The molecule has 0 N–H and O–H groups in total. The van der Waals surface area contributed by atoms with Crippen LogP contribution in [0.15, 0.2) is 23.2 Å². The molecule has 0 amide bonds. The minimum absolute atomic E-state index is 0.0925. The maximum absolute atomic E-state index is 11.9. The SMILES string of the molecule is CN(CCBr)S(=O)(=O)c1ccc(C#N)nc1. The molecular weight excluding hydrogens is 294 g/mol. The lowest BCUT2D eigenvalue weighted by atomic mass is 10.4. The molecule has 1 rings (SSSR count). The number of rotatable bonds is 4. The maximum Gasteiger partial charge on any atom is 0.244 e. The number of sulfonamides is 1. The first-order valence-corrected chi connectivity index (χ1v) is 6.97. The van der Waals surface area contributed by atoms with Crippen LogP contribution in [0.2, 0.25) is 0 Å². The van der Waals surface area contributed by atoms with Crippen molar-refractivity contribution in [2.45, 2.75) is 4.90 Å². The molecule has 0 radical (unpaired) electrons. The van der Waals surface area contributed by atoms with Crippen molar-refractivity contribution in [2.75, 3.05) is 18.9 Å². The summed E-state index contributed by atoms with van der Waals surface area (Å²) in [4.78, 5) is 3.82. The van der Waals surface area contributed by atoms with Crippen LogP contribution in [0.5, 0.6) is 0 Å². The minimum Gasteiger partial charge on any atom is -0.244 e. The molecule has 0 bridgehead atoms. The molecule has 86 valence electrons. The molecule has 0 fully saturated rings. The zero-order valence-electron chi connectivity index (χ0n) is 8.59. The molecule has 0 atom stereocenters. The first-order valence-electron chi connectivity index (χ1n) is 4.41. The lowest BCUT2D eigenvalue weighted by Crippen LogP contribution is -2.28. The molecule has 1 heterocycles. The average Bonchev–Trinajstić information content (AvgIpc) is 2.29. The van der Waals surface area contributed by atoms with E-state index in [2.05, 4.69) is 20.9 Å². The van der Waals surface area contributed by atoms with Gasteiger partial charge in [-0.3, -0.25) is 0 Å². The van der Waals surface area contributed by atoms with E-state index in [1.165, 1.54) is 29.7 Å². The van der Waals surface area contributed by atoms with Crippen LogP contribution in [0.3, 0.4) is 0 Å². The summed E-state index contributed by atoms with van der Waals surface area (Å²) >= 11 is 3.17. The zero-order chi connectivity index (χ0) is 12.2. The predicted octanol–water partition coefficient (Wildman–Crippen LogP) is 0.969. The Labute approximate surface area is 103 Å². The van der Waals surface area contributed by atoms with Gasteiger partial charge in [0.2, 0.25) is 10.0 Å². The van der Waals surface area contributed by atoms with E-state index in [0.717, 1.165) is 0 Å². The van der Waals surface area contributed by atoms with Crippen LogP contribution in [0, 0.1) is 11.3 Å². The van der Waals surface area contributed by atoms with Crippen molar-refractivity contribution >= 4 is 26.0 Å². The van der Waals surface area contributed by atoms with E-state index in [-0.39, 0.29) is 10.6 Å². The van der Waals surface area contributed by atoms with E-state index in [1.807, 2.05) is 6.07 Å². The summed E-state index contributed by atoms with van der Waals surface area (Å²) in [6, 6.07) is 4.60. The van der Waals surface area contributed by atoms with Gasteiger partial charge in [-0.25, -0.2) is 17.7 Å². The number of alkyl halides is 1. The number of aromatic nitrogens is 1. The van der Waals surface area contributed by atoms with Gasteiger partial charge in [0.1, 0.15) is 16.7 Å². The Morgan fingerprint density at radius 2 is 2.25 bits per heavy atom. The highest BCUT2D eigenvalue weighted by Gasteiger charge is 2.20. The molecule has 0 saturated carbocycles. The van der Waals surface area contributed by atoms with E-state index < -0.39 is 10.0 Å². The second-order valence-electron chi connectivity index (χ2n) is 3.01. The standard InChI is InChI=1S/C9H10BrN3O2S/c1-13(5-4-10)16(14,15)9-3-2-8(6-11)12-7-9/h2-3,7H,4-5H2,1H3. The van der Waals surface area contributed by atoms with Crippen molar-refractivity contribution < 1.29 is 8.42 Å². The van der Waals surface area contributed by atoms with Gasteiger partial charge < -0.3 is 0 Å². The molecule has 0 unspecified atom stereocenters. The molecule has 0 spiro atoms. The Bertz CT molecular complexity index is 492. The highest BCUT2D eigenvalue weighted by Crippen LogP contribution is 2.13. The molecule has 0 aromatic carbocycles. The smallest absolute Gasteiger partial charge is 0.244 e. The number of hydrogen-bond donors (Lipinski definition) is 0. The molecule has 7 heteroatoms. The van der Waals surface area contributed by atoms with Crippen LogP contribution < -0.4 is 0 Å². The van der Waals surface area contributed by atoms with Gasteiger partial charge in [0.15, 0.2) is 0 Å². The third-order valence-corrected chi connectivity index (χ3v) is 4.15. The van der Waals surface area contributed by atoms with Crippen LogP contribution in [0.1, 0.15) is 5.69 Å². The van der Waals surface area contributed by atoms with Crippen LogP contribution in [0.4, 0.5) is 0 Å². The number of nitrogens with zero attached hydrogens (tertiary/aromatic N) is 3. The molecule has 1 aromatic heterocycles. The number of nitriles is 1. The number of hydrogen-bond acceptors (Lipinski definition) is 4. The third-order valence-electron chi connectivity index (χ3n) is 1.96. The lowest BCUT2D eigenvalue weighted by Gasteiger charge is -2.15. The quantitative estimate of drug-likeness (QED) is 0.777. The third kappa shape index (κ3) is 2.78. The molecular formula is C9H10BrN3O2S. The molecule has 0 aliphatic heterocycles. The molecule has 0 aliphatic rings. The first-order chi connectivity index (χ1) is 7.52. The summed E-state index contributed by atoms with van der Waals surface area (Å²) in [5, 5.41) is 9.11. The average molecular weight is 304 g/mol. The largest absolute Gasteiger partial charge is 0.244 e. The van der Waals surface area contributed by atoms with Gasteiger partial charge >= 0.3 is 0 Å². The number of halogens is 1. The van der Waals surface area contributed by atoms with Gasteiger partial charge in [-0.1, -0.05) is 15.9 Å². The van der Waals surface area contributed by atoms with Crippen molar-refractivity contribution in [2.24, 2.45) is 0 Å². The first kappa shape index (κ1) is 13.1. The fourth-order valence-electron chi connectivity index (χ4n) is 1.02. The number of pyridine rings is 1. The normalized spacial score (nSPS) is 11.4. The van der Waals surface area contributed by atoms with E-state index in [0.29, 0.717) is 11.9 Å². The van der Waals surface area contributed by atoms with Gasteiger partial charge in [-0.15, -0.1) is 0 Å². The Balaban J connectivity index is 3.04. The van der Waals surface area contributed by atoms with Crippen molar-refractivity contribution in [3.8, 4) is 6.07 Å². The van der Waals surface area contributed by atoms with Crippen LogP contribution in [-0.4, -0.2) is 36.6 Å². The Morgan fingerprint density at radius 1 is 1.56 bits per heavy atom. The Hall–Kier alpha value is -0.970. The van der Waals surface area contributed by atoms with Crippen LogP contribution in [0.25, 0.3) is 0 Å². The van der Waals surface area contributed by atoms with Gasteiger partial charge in [0.05, 0.1) is 0 Å². The molecule has 16 heavy (non-hydrogen) atoms. The van der Waals surface area contributed by atoms with Crippen molar-refractivity contribution in [1.82, 2.24) is 9.29 Å². The summed E-state index contributed by atoms with van der Waals surface area (Å²) in [6.07, 6.45) is 1.19. The Kier molecular flexibility index (Phi) is 4.41. The monoisotopic (exact) mass is 303 g/mol. The van der Waals surface area contributed by atoms with E-state index >= 15 is 0 Å². The topological polar surface area (TPSA) is 74.1 Å². The highest BCUT2D eigenvalue weighted by atomic mass is 79.9. The minimum atomic E-state index is -3.49. The summed E-state index contributed by atoms with van der Waals surface area (Å²) in [6.45, 7) is 0.377. The van der Waals surface area contributed by atoms with Crippen LogP contribution in [-0.2, 0) is 10.0 Å². The molecule has 1 aromatic rings. The second-order valence-corrected chi connectivity index (χ2v) is 5.84. The highest BCUT2D eigenvalue weighted by molar-refractivity contribution is 9.09. The summed E-state index contributed by atoms with van der Waals surface area (Å²) in [5.41, 5.74) is 0.196. The van der Waals surface area contributed by atoms with Gasteiger partial charge in [0.25, 0.3) is 0 Å². The maximum atomic E-state index is 11.9. The lowest BCUT2D eigenvalue weighted by molar-refractivity contribution is 0.489. The van der Waals surface area contributed by atoms with E-state index in [9.17, 15) is 8.42 Å². The van der Waals surface area contributed by atoms with Gasteiger partial charge in [0, 0.05) is 25.1 Å². The summed E-state index contributed by atoms with van der Waals surface area (Å²) in [5.74, 6) is 0. The van der Waals surface area contributed by atoms with Crippen molar-refractivity contribution in [3.05, 3.63) is 24.0 Å². The second kappa shape index (κ2) is 5.39. The van der Waals surface area contributed by atoms with E-state index in [1.54, 1.807) is 0 Å². The zero-order valence-corrected chi connectivity index (χ0v) is 11.0. The van der Waals surface area contributed by atoms with Gasteiger partial charge in [-0.2, -0.15) is 5.26 Å². The summed E-state index contributed by atoms with van der Waals surface area (Å²) < 4.78 is 25.0. The predicted molar refractivity (Wildman–Crippen MR) is 62.6 cm³/mol. The Morgan fingerprint density at radius 3 is 2.69 bits per heavy atom. The fraction of sp³-hybridized carbons (Fsp3) is 0.333. The summed E-state index contributed by atoms with van der Waals surface area (Å²) in [7, 11) is -2.00. The van der Waals surface area contributed by atoms with Crippen LogP contribution >= 0.6 is 15.9 Å². The fourth-order valence-corrected chi connectivity index (χ4v) is 2.90.